The van der Waals surface area contributed by atoms with Crippen LogP contribution in [0.1, 0.15) is 22.1 Å². The van der Waals surface area contributed by atoms with E-state index in [4.69, 9.17) is 9.47 Å². The van der Waals surface area contributed by atoms with Gasteiger partial charge in [-0.3, -0.25) is 4.79 Å². The average molecular weight is 377 g/mol. The van der Waals surface area contributed by atoms with E-state index in [-0.39, 0.29) is 30.5 Å². The molecule has 2 fully saturated rings. The zero-order valence-electron chi connectivity index (χ0n) is 14.5. The third kappa shape index (κ3) is 2.55. The topological polar surface area (TPSA) is 126 Å². The summed E-state index contributed by atoms with van der Waals surface area (Å²) in [6, 6.07) is 10.9. The van der Waals surface area contributed by atoms with Crippen LogP contribution >= 0.6 is 0 Å². The van der Waals surface area contributed by atoms with Gasteiger partial charge in [0.25, 0.3) is 5.91 Å². The second-order valence-corrected chi connectivity index (χ2v) is 6.62. The van der Waals surface area contributed by atoms with Crippen LogP contribution in [-0.4, -0.2) is 50.5 Å². The number of nitriles is 1. The summed E-state index contributed by atoms with van der Waals surface area (Å²) in [5.74, 6) is -0.0839. The molecule has 2 aliphatic rings. The molecule has 1 aromatic carbocycles. The zero-order valence-corrected chi connectivity index (χ0v) is 14.5. The SMILES string of the molecule is N#Cc1cn(C2OC(CO)C3OC32)c2ncnc(NC(=O)c3ccccc3)c12. The van der Waals surface area contributed by atoms with E-state index in [1.54, 1.807) is 35.0 Å². The van der Waals surface area contributed by atoms with E-state index in [1.165, 1.54) is 6.33 Å². The summed E-state index contributed by atoms with van der Waals surface area (Å²) in [4.78, 5) is 21.0. The van der Waals surface area contributed by atoms with Gasteiger partial charge in [-0.2, -0.15) is 5.26 Å². The normalized spacial score (nSPS) is 25.3. The first-order chi connectivity index (χ1) is 13.7. The number of aliphatic hydroxyl groups is 1. The van der Waals surface area contributed by atoms with Crippen LogP contribution in [0.4, 0.5) is 5.82 Å². The number of aromatic nitrogens is 3. The van der Waals surface area contributed by atoms with Gasteiger partial charge in [-0.1, -0.05) is 18.2 Å². The van der Waals surface area contributed by atoms with E-state index < -0.39 is 12.3 Å². The highest BCUT2D eigenvalue weighted by atomic mass is 16.7. The van der Waals surface area contributed by atoms with Crippen LogP contribution in [-0.2, 0) is 9.47 Å². The van der Waals surface area contributed by atoms with E-state index in [0.29, 0.717) is 22.2 Å². The maximum Gasteiger partial charge on any atom is 0.256 e. The van der Waals surface area contributed by atoms with E-state index in [0.717, 1.165) is 0 Å². The predicted molar refractivity (Wildman–Crippen MR) is 96.3 cm³/mol. The number of rotatable bonds is 4. The fourth-order valence-electron chi connectivity index (χ4n) is 3.60. The first-order valence-electron chi connectivity index (χ1n) is 8.75. The number of carbonyl (C=O) groups excluding carboxylic acids is 1. The molecule has 4 atom stereocenters. The molecule has 5 rings (SSSR count). The molecule has 2 saturated heterocycles. The molecule has 0 bridgehead atoms. The number of hydrogen-bond donors (Lipinski definition) is 2. The van der Waals surface area contributed by atoms with Crippen LogP contribution < -0.4 is 5.32 Å². The van der Waals surface area contributed by atoms with Crippen LogP contribution in [0.2, 0.25) is 0 Å². The number of hydrogen-bond acceptors (Lipinski definition) is 7. The van der Waals surface area contributed by atoms with E-state index in [2.05, 4.69) is 21.4 Å². The Morgan fingerprint density at radius 3 is 2.79 bits per heavy atom. The maximum absolute atomic E-state index is 12.5. The Balaban J connectivity index is 1.55. The van der Waals surface area contributed by atoms with Crippen molar-refractivity contribution in [2.75, 3.05) is 11.9 Å². The van der Waals surface area contributed by atoms with Gasteiger partial charge in [0.05, 0.1) is 17.6 Å². The summed E-state index contributed by atoms with van der Waals surface area (Å²) in [6.07, 6.45) is 1.68. The Morgan fingerprint density at radius 1 is 1.25 bits per heavy atom. The Bertz CT molecular complexity index is 1110. The molecule has 140 valence electrons. The van der Waals surface area contributed by atoms with Gasteiger partial charge in [0.15, 0.2) is 6.23 Å². The minimum absolute atomic E-state index is 0.144. The van der Waals surface area contributed by atoms with Crippen molar-refractivity contribution >= 4 is 22.8 Å². The van der Waals surface area contributed by atoms with Crippen molar-refractivity contribution in [2.45, 2.75) is 24.5 Å². The Kier molecular flexibility index (Phi) is 3.84. The summed E-state index contributed by atoms with van der Waals surface area (Å²) >= 11 is 0. The van der Waals surface area contributed by atoms with Crippen LogP contribution in [0.3, 0.4) is 0 Å². The molecular weight excluding hydrogens is 362 g/mol. The molecule has 2 aromatic heterocycles. The molecule has 0 aliphatic carbocycles. The summed E-state index contributed by atoms with van der Waals surface area (Å²) in [6.45, 7) is -0.144. The number of anilines is 1. The van der Waals surface area contributed by atoms with Crippen molar-refractivity contribution in [3.8, 4) is 6.07 Å². The van der Waals surface area contributed by atoms with Crippen molar-refractivity contribution < 1.29 is 19.4 Å². The van der Waals surface area contributed by atoms with Gasteiger partial charge < -0.3 is 24.5 Å². The molecule has 4 heterocycles. The molecule has 9 heteroatoms. The fourth-order valence-corrected chi connectivity index (χ4v) is 3.60. The van der Waals surface area contributed by atoms with Crippen molar-refractivity contribution in [1.82, 2.24) is 14.5 Å². The first-order valence-corrected chi connectivity index (χ1v) is 8.75. The van der Waals surface area contributed by atoms with Crippen molar-refractivity contribution in [1.29, 1.82) is 5.26 Å². The lowest BCUT2D eigenvalue weighted by molar-refractivity contribution is -0.0821. The summed E-state index contributed by atoms with van der Waals surface area (Å²) < 4.78 is 13.1. The van der Waals surface area contributed by atoms with Crippen LogP contribution in [0.5, 0.6) is 0 Å². The van der Waals surface area contributed by atoms with Crippen molar-refractivity contribution in [3.63, 3.8) is 0 Å². The zero-order chi connectivity index (χ0) is 19.3. The Hall–Kier alpha value is -3.32. The molecular formula is C19H15N5O4. The molecule has 0 radical (unpaired) electrons. The van der Waals surface area contributed by atoms with Gasteiger partial charge in [-0.05, 0) is 12.1 Å². The minimum atomic E-state index is -0.501. The fraction of sp³-hybridized carbons (Fsp3) is 0.263. The maximum atomic E-state index is 12.5. The van der Waals surface area contributed by atoms with Gasteiger partial charge in [-0.25, -0.2) is 9.97 Å². The molecule has 9 nitrogen and oxygen atoms in total. The van der Waals surface area contributed by atoms with Crippen LogP contribution in [0.15, 0.2) is 42.9 Å². The van der Waals surface area contributed by atoms with Gasteiger partial charge in [0.2, 0.25) is 0 Å². The number of aliphatic hydroxyl groups excluding tert-OH is 1. The van der Waals surface area contributed by atoms with Gasteiger partial charge >= 0.3 is 0 Å². The molecule has 0 saturated carbocycles. The predicted octanol–water partition coefficient (Wildman–Crippen LogP) is 1.21. The van der Waals surface area contributed by atoms with E-state index in [9.17, 15) is 15.2 Å². The van der Waals surface area contributed by atoms with Crippen LogP contribution in [0.25, 0.3) is 11.0 Å². The number of ether oxygens (including phenoxy) is 2. The number of nitrogens with zero attached hydrogens (tertiary/aromatic N) is 4. The first kappa shape index (κ1) is 16.8. The molecule has 28 heavy (non-hydrogen) atoms. The highest BCUT2D eigenvalue weighted by Gasteiger charge is 2.58. The smallest absolute Gasteiger partial charge is 0.256 e. The quantitative estimate of drug-likeness (QED) is 0.655. The third-order valence-corrected chi connectivity index (χ3v) is 4.97. The second-order valence-electron chi connectivity index (χ2n) is 6.62. The van der Waals surface area contributed by atoms with Crippen LogP contribution in [0, 0.1) is 11.3 Å². The lowest BCUT2D eigenvalue weighted by atomic mass is 10.2. The molecule has 4 unspecified atom stereocenters. The monoisotopic (exact) mass is 377 g/mol. The van der Waals surface area contributed by atoms with E-state index >= 15 is 0 Å². The number of benzene rings is 1. The number of fused-ring (bicyclic) bond motifs is 2. The number of epoxide rings is 1. The lowest BCUT2D eigenvalue weighted by Crippen LogP contribution is -2.22. The summed E-state index contributed by atoms with van der Waals surface area (Å²) in [5.41, 5.74) is 1.24. The third-order valence-electron chi connectivity index (χ3n) is 4.97. The largest absolute Gasteiger partial charge is 0.394 e. The van der Waals surface area contributed by atoms with Crippen molar-refractivity contribution in [2.24, 2.45) is 0 Å². The number of nitrogens with one attached hydrogen (secondary N) is 1. The van der Waals surface area contributed by atoms with Crippen molar-refractivity contribution in [3.05, 3.63) is 54.0 Å². The Labute approximate surface area is 159 Å². The van der Waals surface area contributed by atoms with E-state index in [1.807, 2.05) is 6.07 Å². The summed E-state index contributed by atoms with van der Waals surface area (Å²) in [5, 5.41) is 22.2. The molecule has 1 amide bonds. The molecule has 2 N–H and O–H groups in total. The Morgan fingerprint density at radius 2 is 2.07 bits per heavy atom. The second kappa shape index (κ2) is 6.38. The highest BCUT2D eigenvalue weighted by Crippen LogP contribution is 2.46. The summed E-state index contributed by atoms with van der Waals surface area (Å²) in [7, 11) is 0. The van der Waals surface area contributed by atoms with Gasteiger partial charge in [0.1, 0.15) is 42.2 Å². The molecule has 3 aromatic rings. The highest BCUT2D eigenvalue weighted by molar-refractivity contribution is 6.08. The standard InChI is InChI=1S/C19H15N5O4/c20-6-11-7-24(19-15-14(28-15)12(8-25)27-19)17-13(11)16(21-9-22-17)23-18(26)10-4-2-1-3-5-10/h1-5,7,9,12,14-15,19,25H,8H2,(H,21,22,23,26). The lowest BCUT2D eigenvalue weighted by Gasteiger charge is -2.18. The van der Waals surface area contributed by atoms with Gasteiger partial charge in [-0.15, -0.1) is 0 Å². The average Bonchev–Trinajstić information content (AvgIpc) is 3.30. The number of amides is 1. The minimum Gasteiger partial charge on any atom is -0.394 e. The molecule has 0 spiro atoms. The molecule has 2 aliphatic heterocycles. The van der Waals surface area contributed by atoms with Gasteiger partial charge in [0, 0.05) is 11.8 Å². The number of carbonyl (C=O) groups is 1.